The van der Waals surface area contributed by atoms with Crippen LogP contribution in [0.4, 0.5) is 5.82 Å². The van der Waals surface area contributed by atoms with Crippen molar-refractivity contribution in [1.82, 2.24) is 25.1 Å². The molecule has 17 heavy (non-hydrogen) atoms. The van der Waals surface area contributed by atoms with E-state index in [9.17, 15) is 0 Å². The predicted molar refractivity (Wildman–Crippen MR) is 59.9 cm³/mol. The van der Waals surface area contributed by atoms with E-state index in [1.54, 1.807) is 6.20 Å². The molecule has 0 fully saturated rings. The Morgan fingerprint density at radius 3 is 2.88 bits per heavy atom. The summed E-state index contributed by atoms with van der Waals surface area (Å²) in [4.78, 5) is 12.0. The smallest absolute Gasteiger partial charge is 0.158 e. The Hall–Kier alpha value is -2.49. The van der Waals surface area contributed by atoms with E-state index in [0.29, 0.717) is 11.5 Å². The minimum Gasteiger partial charge on any atom is -0.369 e. The minimum atomic E-state index is 0.317. The van der Waals surface area contributed by atoms with E-state index in [-0.39, 0.29) is 0 Å². The lowest BCUT2D eigenvalue weighted by Gasteiger charge is -2.03. The van der Waals surface area contributed by atoms with Gasteiger partial charge in [0.2, 0.25) is 0 Å². The lowest BCUT2D eigenvalue weighted by Crippen LogP contribution is -2.05. The second-order valence-electron chi connectivity index (χ2n) is 3.36. The standard InChI is InChI=1S/C10H11N7/c11-4-8-5-14-10(6-13-8)12-3-1-2-9-15-7-16-17-9/h5-7H,1-3H2,(H,12,14)(H,15,16,17). The predicted octanol–water partition coefficient (Wildman–Crippen LogP) is 0.511. The molecule has 0 aromatic carbocycles. The summed E-state index contributed by atoms with van der Waals surface area (Å²) >= 11 is 0. The molecule has 0 saturated carbocycles. The molecule has 0 aliphatic carbocycles. The third kappa shape index (κ3) is 3.24. The van der Waals surface area contributed by atoms with Crippen molar-refractivity contribution in [3.63, 3.8) is 0 Å². The molecule has 7 nitrogen and oxygen atoms in total. The van der Waals surface area contributed by atoms with Gasteiger partial charge in [0, 0.05) is 13.0 Å². The van der Waals surface area contributed by atoms with Crippen LogP contribution >= 0.6 is 0 Å². The van der Waals surface area contributed by atoms with Gasteiger partial charge in [-0.3, -0.25) is 5.10 Å². The van der Waals surface area contributed by atoms with E-state index in [1.165, 1.54) is 12.5 Å². The normalized spacial score (nSPS) is 9.82. The van der Waals surface area contributed by atoms with Crippen LogP contribution < -0.4 is 5.32 Å². The highest BCUT2D eigenvalue weighted by Crippen LogP contribution is 2.01. The highest BCUT2D eigenvalue weighted by molar-refractivity contribution is 5.32. The molecule has 0 radical (unpaired) electrons. The number of nitriles is 1. The molecule has 0 unspecified atom stereocenters. The number of anilines is 1. The zero-order valence-corrected chi connectivity index (χ0v) is 9.09. The van der Waals surface area contributed by atoms with E-state index in [2.05, 4.69) is 30.5 Å². The maximum Gasteiger partial charge on any atom is 0.158 e. The maximum absolute atomic E-state index is 8.56. The summed E-state index contributed by atoms with van der Waals surface area (Å²) < 4.78 is 0. The van der Waals surface area contributed by atoms with Crippen molar-refractivity contribution >= 4 is 5.82 Å². The summed E-state index contributed by atoms with van der Waals surface area (Å²) in [5, 5.41) is 18.2. The number of aromatic amines is 1. The summed E-state index contributed by atoms with van der Waals surface area (Å²) in [5.41, 5.74) is 0.317. The number of hydrogen-bond acceptors (Lipinski definition) is 6. The molecule has 2 rings (SSSR count). The third-order valence-electron chi connectivity index (χ3n) is 2.13. The molecule has 0 atom stereocenters. The van der Waals surface area contributed by atoms with E-state index in [4.69, 9.17) is 5.26 Å². The Bertz CT molecular complexity index is 482. The first-order valence-electron chi connectivity index (χ1n) is 5.19. The van der Waals surface area contributed by atoms with Gasteiger partial charge in [-0.25, -0.2) is 15.0 Å². The van der Waals surface area contributed by atoms with Crippen molar-refractivity contribution in [2.24, 2.45) is 0 Å². The van der Waals surface area contributed by atoms with Crippen molar-refractivity contribution in [1.29, 1.82) is 5.26 Å². The number of aryl methyl sites for hydroxylation is 1. The van der Waals surface area contributed by atoms with Crippen LogP contribution in [-0.4, -0.2) is 31.7 Å². The molecule has 0 bridgehead atoms. The van der Waals surface area contributed by atoms with Gasteiger partial charge < -0.3 is 5.32 Å². The molecule has 2 aromatic rings. The second-order valence-corrected chi connectivity index (χ2v) is 3.36. The van der Waals surface area contributed by atoms with Gasteiger partial charge in [-0.05, 0) is 6.42 Å². The molecule has 86 valence electrons. The molecule has 2 heterocycles. The fourth-order valence-electron chi connectivity index (χ4n) is 1.30. The van der Waals surface area contributed by atoms with Crippen LogP contribution in [0.3, 0.4) is 0 Å². The van der Waals surface area contributed by atoms with Gasteiger partial charge in [0.05, 0.1) is 12.4 Å². The Balaban J connectivity index is 1.73. The maximum atomic E-state index is 8.56. The van der Waals surface area contributed by atoms with Gasteiger partial charge in [0.25, 0.3) is 0 Å². The van der Waals surface area contributed by atoms with E-state index in [1.807, 2.05) is 6.07 Å². The first-order chi connectivity index (χ1) is 8.38. The van der Waals surface area contributed by atoms with Gasteiger partial charge in [-0.1, -0.05) is 0 Å². The summed E-state index contributed by atoms with van der Waals surface area (Å²) in [5.74, 6) is 1.54. The van der Waals surface area contributed by atoms with Crippen LogP contribution in [0.2, 0.25) is 0 Å². The average Bonchev–Trinajstić information content (AvgIpc) is 2.88. The SMILES string of the molecule is N#Cc1cnc(NCCCc2ncn[nH]2)cn1. The lowest BCUT2D eigenvalue weighted by molar-refractivity contribution is 0.803. The van der Waals surface area contributed by atoms with Crippen molar-refractivity contribution in [2.45, 2.75) is 12.8 Å². The minimum absolute atomic E-state index is 0.317. The molecule has 7 heteroatoms. The number of nitrogens with zero attached hydrogens (tertiary/aromatic N) is 5. The van der Waals surface area contributed by atoms with Gasteiger partial charge in [-0.15, -0.1) is 0 Å². The Morgan fingerprint density at radius 1 is 1.29 bits per heavy atom. The lowest BCUT2D eigenvalue weighted by atomic mass is 10.3. The number of rotatable bonds is 5. The summed E-state index contributed by atoms with van der Waals surface area (Å²) in [7, 11) is 0. The topological polar surface area (TPSA) is 103 Å². The highest BCUT2D eigenvalue weighted by atomic mass is 15.2. The monoisotopic (exact) mass is 229 g/mol. The molecule has 0 amide bonds. The molecule has 2 aromatic heterocycles. The Morgan fingerprint density at radius 2 is 2.24 bits per heavy atom. The largest absolute Gasteiger partial charge is 0.369 e. The van der Waals surface area contributed by atoms with Crippen molar-refractivity contribution in [3.8, 4) is 6.07 Å². The van der Waals surface area contributed by atoms with Crippen LogP contribution in [-0.2, 0) is 6.42 Å². The molecule has 0 aliphatic rings. The van der Waals surface area contributed by atoms with E-state index < -0.39 is 0 Å². The molecular formula is C10H11N7. The van der Waals surface area contributed by atoms with Crippen molar-refractivity contribution < 1.29 is 0 Å². The first-order valence-corrected chi connectivity index (χ1v) is 5.19. The quantitative estimate of drug-likeness (QED) is 0.724. The highest BCUT2D eigenvalue weighted by Gasteiger charge is 1.97. The molecule has 2 N–H and O–H groups in total. The number of aromatic nitrogens is 5. The van der Waals surface area contributed by atoms with Crippen LogP contribution in [0.1, 0.15) is 17.9 Å². The Labute approximate surface area is 97.9 Å². The number of H-pyrrole nitrogens is 1. The van der Waals surface area contributed by atoms with Gasteiger partial charge in [0.15, 0.2) is 5.69 Å². The Kier molecular flexibility index (Phi) is 3.60. The van der Waals surface area contributed by atoms with Crippen LogP contribution in [0.25, 0.3) is 0 Å². The third-order valence-corrected chi connectivity index (χ3v) is 2.13. The fourth-order valence-corrected chi connectivity index (χ4v) is 1.30. The van der Waals surface area contributed by atoms with Crippen molar-refractivity contribution in [2.75, 3.05) is 11.9 Å². The molecular weight excluding hydrogens is 218 g/mol. The zero-order valence-electron chi connectivity index (χ0n) is 9.09. The zero-order chi connectivity index (χ0) is 11.9. The number of nitrogens with one attached hydrogen (secondary N) is 2. The fraction of sp³-hybridized carbons (Fsp3) is 0.300. The summed E-state index contributed by atoms with van der Waals surface area (Å²) in [6.45, 7) is 0.765. The molecule has 0 aliphatic heterocycles. The van der Waals surface area contributed by atoms with Crippen LogP contribution in [0.5, 0.6) is 0 Å². The summed E-state index contributed by atoms with van der Waals surface area (Å²) in [6.07, 6.45) is 6.23. The average molecular weight is 229 g/mol. The van der Waals surface area contributed by atoms with Crippen LogP contribution in [0.15, 0.2) is 18.7 Å². The number of hydrogen-bond donors (Lipinski definition) is 2. The van der Waals surface area contributed by atoms with Crippen molar-refractivity contribution in [3.05, 3.63) is 30.2 Å². The molecule has 0 saturated heterocycles. The first kappa shape index (κ1) is 11.0. The second kappa shape index (κ2) is 5.55. The van der Waals surface area contributed by atoms with Gasteiger partial charge in [0.1, 0.15) is 24.0 Å². The van der Waals surface area contributed by atoms with Gasteiger partial charge in [-0.2, -0.15) is 10.4 Å². The van der Waals surface area contributed by atoms with Gasteiger partial charge >= 0.3 is 0 Å². The molecule has 0 spiro atoms. The van der Waals surface area contributed by atoms with E-state index >= 15 is 0 Å². The van der Waals surface area contributed by atoms with Crippen LogP contribution in [0, 0.1) is 11.3 Å². The summed E-state index contributed by atoms with van der Waals surface area (Å²) in [6, 6.07) is 1.92. The van der Waals surface area contributed by atoms with E-state index in [0.717, 1.165) is 25.2 Å².